The maximum absolute atomic E-state index is 13.8. The minimum absolute atomic E-state index is 0.198. The van der Waals surface area contributed by atoms with E-state index in [0.29, 0.717) is 13.0 Å². The van der Waals surface area contributed by atoms with Gasteiger partial charge in [0.25, 0.3) is 5.91 Å². The summed E-state index contributed by atoms with van der Waals surface area (Å²) in [6.07, 6.45) is -0.0942. The van der Waals surface area contributed by atoms with Crippen LogP contribution in [0.5, 0.6) is 0 Å². The standard InChI is InChI=1S/C13H15F2N3O3/c1-21-13(20)17-8-2-3-18(6-8)12(19)9-4-7(14)5-10(16)11(9)15/h4-5,8H,2-3,6,16H2,1H3,(H,17,20). The molecule has 1 atom stereocenters. The van der Waals surface area contributed by atoms with Gasteiger partial charge in [-0.25, -0.2) is 13.6 Å². The number of methoxy groups -OCH3 is 1. The van der Waals surface area contributed by atoms with Crippen LogP contribution in [0.15, 0.2) is 12.1 Å². The number of carbonyl (C=O) groups excluding carboxylic acids is 2. The number of nitrogens with one attached hydrogen (secondary N) is 1. The molecule has 1 fully saturated rings. The van der Waals surface area contributed by atoms with Crippen LogP contribution in [0.3, 0.4) is 0 Å². The molecule has 0 radical (unpaired) electrons. The average molecular weight is 299 g/mol. The topological polar surface area (TPSA) is 84.7 Å². The Morgan fingerprint density at radius 1 is 1.43 bits per heavy atom. The van der Waals surface area contributed by atoms with Crippen molar-refractivity contribution >= 4 is 17.7 Å². The summed E-state index contributed by atoms with van der Waals surface area (Å²) in [6, 6.07) is 1.35. The van der Waals surface area contributed by atoms with Crippen molar-refractivity contribution in [1.82, 2.24) is 10.2 Å². The van der Waals surface area contributed by atoms with Crippen LogP contribution in [-0.2, 0) is 4.74 Å². The minimum atomic E-state index is -0.939. The molecule has 114 valence electrons. The maximum Gasteiger partial charge on any atom is 0.407 e. The molecular formula is C13H15F2N3O3. The Hall–Kier alpha value is -2.38. The van der Waals surface area contributed by atoms with Crippen LogP contribution in [0.4, 0.5) is 19.3 Å². The van der Waals surface area contributed by atoms with Gasteiger partial charge in [0.05, 0.1) is 24.4 Å². The first-order valence-corrected chi connectivity index (χ1v) is 6.30. The maximum atomic E-state index is 13.8. The van der Waals surface area contributed by atoms with E-state index in [-0.39, 0.29) is 12.6 Å². The number of halogens is 2. The number of hydrogen-bond donors (Lipinski definition) is 2. The van der Waals surface area contributed by atoms with E-state index in [9.17, 15) is 18.4 Å². The van der Waals surface area contributed by atoms with Crippen LogP contribution < -0.4 is 11.1 Å². The quantitative estimate of drug-likeness (QED) is 0.801. The number of nitrogen functional groups attached to an aromatic ring is 1. The molecule has 0 aliphatic carbocycles. The zero-order valence-corrected chi connectivity index (χ0v) is 11.4. The summed E-state index contributed by atoms with van der Waals surface area (Å²) in [5.41, 5.74) is 4.48. The molecule has 1 aromatic carbocycles. The van der Waals surface area contributed by atoms with Gasteiger partial charge in [0.1, 0.15) is 5.82 Å². The number of nitrogens with two attached hydrogens (primary N) is 1. The monoisotopic (exact) mass is 299 g/mol. The number of ether oxygens (including phenoxy) is 1. The normalized spacial score (nSPS) is 17.7. The summed E-state index contributed by atoms with van der Waals surface area (Å²) in [7, 11) is 1.23. The van der Waals surface area contributed by atoms with Crippen molar-refractivity contribution in [1.29, 1.82) is 0 Å². The first-order valence-electron chi connectivity index (χ1n) is 6.30. The first-order chi connectivity index (χ1) is 9.92. The van der Waals surface area contributed by atoms with E-state index in [1.807, 2.05) is 0 Å². The molecule has 0 spiro atoms. The molecule has 0 bridgehead atoms. The van der Waals surface area contributed by atoms with Crippen molar-refractivity contribution in [2.45, 2.75) is 12.5 Å². The number of hydrogen-bond acceptors (Lipinski definition) is 4. The zero-order chi connectivity index (χ0) is 15.6. The zero-order valence-electron chi connectivity index (χ0n) is 11.4. The van der Waals surface area contributed by atoms with Crippen molar-refractivity contribution in [3.05, 3.63) is 29.3 Å². The van der Waals surface area contributed by atoms with Crippen molar-refractivity contribution in [3.63, 3.8) is 0 Å². The number of nitrogens with zero attached hydrogens (tertiary/aromatic N) is 1. The molecule has 2 rings (SSSR count). The number of carbonyl (C=O) groups is 2. The Labute approximate surface area is 119 Å². The SMILES string of the molecule is COC(=O)NC1CCN(C(=O)c2cc(F)cc(N)c2F)C1. The van der Waals surface area contributed by atoms with Crippen LogP contribution in [0, 0.1) is 11.6 Å². The molecule has 1 saturated heterocycles. The Kier molecular flexibility index (Phi) is 4.25. The Balaban J connectivity index is 2.10. The van der Waals surface area contributed by atoms with Crippen LogP contribution in [0.25, 0.3) is 0 Å². The van der Waals surface area contributed by atoms with Crippen molar-refractivity contribution in [2.24, 2.45) is 0 Å². The van der Waals surface area contributed by atoms with E-state index in [1.165, 1.54) is 12.0 Å². The number of amides is 2. The van der Waals surface area contributed by atoms with E-state index in [4.69, 9.17) is 5.73 Å². The molecule has 8 heteroatoms. The number of rotatable bonds is 2. The number of alkyl carbamates (subject to hydrolysis) is 1. The highest BCUT2D eigenvalue weighted by atomic mass is 19.1. The Bertz CT molecular complexity index is 580. The van der Waals surface area contributed by atoms with Gasteiger partial charge in [0.15, 0.2) is 5.82 Å². The molecular weight excluding hydrogens is 284 g/mol. The summed E-state index contributed by atoms with van der Waals surface area (Å²) >= 11 is 0. The Morgan fingerprint density at radius 2 is 2.14 bits per heavy atom. The van der Waals surface area contributed by atoms with Gasteiger partial charge in [-0.05, 0) is 18.6 Å². The highest BCUT2D eigenvalue weighted by Crippen LogP contribution is 2.21. The summed E-state index contributed by atoms with van der Waals surface area (Å²) < 4.78 is 31.5. The van der Waals surface area contributed by atoms with Crippen LogP contribution in [0.2, 0.25) is 0 Å². The first kappa shape index (κ1) is 15.0. The molecule has 1 heterocycles. The van der Waals surface area contributed by atoms with Crippen LogP contribution in [0.1, 0.15) is 16.8 Å². The average Bonchev–Trinajstić information content (AvgIpc) is 2.90. The fourth-order valence-electron chi connectivity index (χ4n) is 2.22. The smallest absolute Gasteiger partial charge is 0.407 e. The Morgan fingerprint density at radius 3 is 2.81 bits per heavy atom. The minimum Gasteiger partial charge on any atom is -0.453 e. The van der Waals surface area contributed by atoms with E-state index < -0.39 is 34.9 Å². The van der Waals surface area contributed by atoms with E-state index in [1.54, 1.807) is 0 Å². The summed E-state index contributed by atoms with van der Waals surface area (Å²) in [6.45, 7) is 0.521. The molecule has 1 aliphatic rings. The van der Waals surface area contributed by atoms with E-state index in [2.05, 4.69) is 10.1 Å². The molecule has 21 heavy (non-hydrogen) atoms. The van der Waals surface area contributed by atoms with Gasteiger partial charge in [-0.15, -0.1) is 0 Å². The second-order valence-electron chi connectivity index (χ2n) is 4.73. The van der Waals surface area contributed by atoms with Crippen molar-refractivity contribution in [3.8, 4) is 0 Å². The molecule has 1 unspecified atom stereocenters. The molecule has 1 aliphatic heterocycles. The lowest BCUT2D eigenvalue weighted by Gasteiger charge is -2.17. The summed E-state index contributed by atoms with van der Waals surface area (Å²) in [4.78, 5) is 24.6. The fourth-order valence-corrected chi connectivity index (χ4v) is 2.22. The third-order valence-corrected chi connectivity index (χ3v) is 3.28. The van der Waals surface area contributed by atoms with Gasteiger partial charge in [0.2, 0.25) is 0 Å². The van der Waals surface area contributed by atoms with Crippen LogP contribution >= 0.6 is 0 Å². The second-order valence-corrected chi connectivity index (χ2v) is 4.73. The van der Waals surface area contributed by atoms with E-state index >= 15 is 0 Å². The van der Waals surface area contributed by atoms with Gasteiger partial charge >= 0.3 is 6.09 Å². The molecule has 1 aromatic rings. The van der Waals surface area contributed by atoms with Crippen molar-refractivity contribution < 1.29 is 23.1 Å². The predicted octanol–water partition coefficient (Wildman–Crippen LogP) is 1.12. The highest BCUT2D eigenvalue weighted by molar-refractivity contribution is 5.95. The largest absolute Gasteiger partial charge is 0.453 e. The van der Waals surface area contributed by atoms with Gasteiger partial charge < -0.3 is 20.7 Å². The lowest BCUT2D eigenvalue weighted by molar-refractivity contribution is 0.0783. The molecule has 0 saturated carbocycles. The molecule has 3 N–H and O–H groups in total. The van der Waals surface area contributed by atoms with Crippen molar-refractivity contribution in [2.75, 3.05) is 25.9 Å². The predicted molar refractivity (Wildman–Crippen MR) is 70.6 cm³/mol. The number of likely N-dealkylation sites (tertiary alicyclic amines) is 1. The molecule has 2 amide bonds. The number of benzene rings is 1. The lowest BCUT2D eigenvalue weighted by Crippen LogP contribution is -2.38. The molecule has 6 nitrogen and oxygen atoms in total. The second kappa shape index (κ2) is 5.94. The third kappa shape index (κ3) is 3.21. The highest BCUT2D eigenvalue weighted by Gasteiger charge is 2.30. The van der Waals surface area contributed by atoms with Gasteiger partial charge in [0, 0.05) is 13.1 Å². The lowest BCUT2D eigenvalue weighted by atomic mass is 10.1. The fraction of sp³-hybridized carbons (Fsp3) is 0.385. The number of anilines is 1. The summed E-state index contributed by atoms with van der Waals surface area (Å²) in [5, 5.41) is 2.55. The van der Waals surface area contributed by atoms with Crippen LogP contribution in [-0.4, -0.2) is 43.1 Å². The van der Waals surface area contributed by atoms with Gasteiger partial charge in [-0.3, -0.25) is 4.79 Å². The van der Waals surface area contributed by atoms with Gasteiger partial charge in [-0.2, -0.15) is 0 Å². The van der Waals surface area contributed by atoms with Gasteiger partial charge in [-0.1, -0.05) is 0 Å². The molecule has 0 aromatic heterocycles. The summed E-state index contributed by atoms with van der Waals surface area (Å²) in [5.74, 6) is -2.38. The third-order valence-electron chi connectivity index (χ3n) is 3.28. The van der Waals surface area contributed by atoms with E-state index in [0.717, 1.165) is 12.1 Å².